The van der Waals surface area contributed by atoms with Crippen molar-refractivity contribution < 1.29 is 22.7 Å². The summed E-state index contributed by atoms with van der Waals surface area (Å²) in [6.45, 7) is 0.807. The minimum absolute atomic E-state index is 0.136. The maximum atomic E-state index is 12.0. The van der Waals surface area contributed by atoms with Gasteiger partial charge >= 0.3 is 0 Å². The van der Waals surface area contributed by atoms with Gasteiger partial charge in [0.25, 0.3) is 11.7 Å². The standard InChI is InChI=1S/C11H11NO5S/c13-10-11(16-4-1-5-17-11)8-6-7(18(14)15)2-3-9(8)12-10/h2-3,6,18H,1,4-5H2,(H,12,13). The van der Waals surface area contributed by atoms with Crippen LogP contribution < -0.4 is 5.32 Å². The number of benzene rings is 1. The van der Waals surface area contributed by atoms with Crippen LogP contribution in [0.3, 0.4) is 0 Å². The number of amides is 1. The first-order valence-corrected chi connectivity index (χ1v) is 6.69. The second-order valence-corrected chi connectivity index (χ2v) is 5.14. The molecule has 0 atom stereocenters. The van der Waals surface area contributed by atoms with Crippen molar-refractivity contribution >= 4 is 22.3 Å². The number of anilines is 1. The normalized spacial score (nSPS) is 21.1. The van der Waals surface area contributed by atoms with Crippen LogP contribution in [0.25, 0.3) is 0 Å². The number of thiol groups is 1. The Kier molecular flexibility index (Phi) is 2.61. The van der Waals surface area contributed by atoms with Crippen molar-refractivity contribution in [3.8, 4) is 0 Å². The molecule has 0 bridgehead atoms. The van der Waals surface area contributed by atoms with Gasteiger partial charge in [-0.1, -0.05) is 0 Å². The van der Waals surface area contributed by atoms with Gasteiger partial charge in [-0.15, -0.1) is 0 Å². The Morgan fingerprint density at radius 1 is 1.22 bits per heavy atom. The number of ether oxygens (including phenoxy) is 2. The van der Waals surface area contributed by atoms with E-state index in [1.165, 1.54) is 12.1 Å². The summed E-state index contributed by atoms with van der Waals surface area (Å²) < 4.78 is 32.9. The molecule has 18 heavy (non-hydrogen) atoms. The minimum atomic E-state index is -2.70. The minimum Gasteiger partial charge on any atom is -0.338 e. The second-order valence-electron chi connectivity index (χ2n) is 4.11. The molecule has 1 fully saturated rings. The summed E-state index contributed by atoms with van der Waals surface area (Å²) in [4.78, 5) is 12.1. The number of rotatable bonds is 1. The van der Waals surface area contributed by atoms with Gasteiger partial charge in [-0.05, 0) is 24.6 Å². The van der Waals surface area contributed by atoms with Crippen LogP contribution in [0.2, 0.25) is 0 Å². The molecule has 0 radical (unpaired) electrons. The van der Waals surface area contributed by atoms with Crippen molar-refractivity contribution in [2.75, 3.05) is 18.5 Å². The summed E-state index contributed by atoms with van der Waals surface area (Å²) in [5, 5.41) is 2.64. The fourth-order valence-corrected chi connectivity index (χ4v) is 2.60. The maximum Gasteiger partial charge on any atom is 0.289 e. The molecule has 0 aliphatic carbocycles. The highest BCUT2D eigenvalue weighted by Crippen LogP contribution is 2.42. The van der Waals surface area contributed by atoms with Gasteiger partial charge in [0.2, 0.25) is 0 Å². The van der Waals surface area contributed by atoms with Crippen molar-refractivity contribution in [2.24, 2.45) is 0 Å². The maximum absolute atomic E-state index is 12.0. The zero-order valence-corrected chi connectivity index (χ0v) is 10.2. The first-order chi connectivity index (χ1) is 8.63. The van der Waals surface area contributed by atoms with E-state index in [4.69, 9.17) is 9.47 Å². The monoisotopic (exact) mass is 269 g/mol. The second kappa shape index (κ2) is 4.04. The van der Waals surface area contributed by atoms with Crippen LogP contribution in [0, 0.1) is 0 Å². The van der Waals surface area contributed by atoms with Crippen molar-refractivity contribution in [1.29, 1.82) is 0 Å². The highest BCUT2D eigenvalue weighted by atomic mass is 32.2. The third kappa shape index (κ3) is 1.55. The number of nitrogens with one attached hydrogen (secondary N) is 1. The molecule has 96 valence electrons. The van der Waals surface area contributed by atoms with E-state index in [1.54, 1.807) is 6.07 Å². The molecule has 1 aromatic rings. The van der Waals surface area contributed by atoms with Crippen molar-refractivity contribution in [3.05, 3.63) is 23.8 Å². The zero-order valence-electron chi connectivity index (χ0n) is 9.34. The highest BCUT2D eigenvalue weighted by Gasteiger charge is 2.51. The molecular formula is C11H11NO5S. The molecule has 2 heterocycles. The Morgan fingerprint density at radius 3 is 2.61 bits per heavy atom. The summed E-state index contributed by atoms with van der Waals surface area (Å²) >= 11 is 0. The highest BCUT2D eigenvalue weighted by molar-refractivity contribution is 7.72. The molecule has 1 saturated heterocycles. The van der Waals surface area contributed by atoms with Gasteiger partial charge in [-0.3, -0.25) is 4.79 Å². The van der Waals surface area contributed by atoms with E-state index in [-0.39, 0.29) is 4.90 Å². The first-order valence-electron chi connectivity index (χ1n) is 5.52. The number of fused-ring (bicyclic) bond motifs is 2. The molecule has 1 amide bonds. The van der Waals surface area contributed by atoms with Gasteiger partial charge in [0.05, 0.1) is 23.8 Å². The van der Waals surface area contributed by atoms with Gasteiger partial charge < -0.3 is 14.8 Å². The first kappa shape index (κ1) is 11.6. The molecular weight excluding hydrogens is 258 g/mol. The summed E-state index contributed by atoms with van der Waals surface area (Å²) in [6.07, 6.45) is 0.708. The molecule has 1 N–H and O–H groups in total. The summed E-state index contributed by atoms with van der Waals surface area (Å²) in [6, 6.07) is 4.40. The molecule has 1 spiro atoms. The number of carbonyl (C=O) groups is 1. The predicted molar refractivity (Wildman–Crippen MR) is 61.9 cm³/mol. The predicted octanol–water partition coefficient (Wildman–Crippen LogP) is 0.199. The Bertz CT molecular complexity index is 581. The molecule has 0 aromatic heterocycles. The lowest BCUT2D eigenvalue weighted by Gasteiger charge is -2.31. The van der Waals surface area contributed by atoms with Gasteiger partial charge in [-0.2, -0.15) is 0 Å². The van der Waals surface area contributed by atoms with E-state index in [0.717, 1.165) is 0 Å². The van der Waals surface area contributed by atoms with E-state index in [1.807, 2.05) is 0 Å². The van der Waals surface area contributed by atoms with Crippen molar-refractivity contribution in [1.82, 2.24) is 0 Å². The van der Waals surface area contributed by atoms with Crippen LogP contribution >= 0.6 is 0 Å². The summed E-state index contributed by atoms with van der Waals surface area (Å²) in [5.74, 6) is -1.88. The molecule has 2 aliphatic rings. The Hall–Kier alpha value is -1.44. The molecule has 2 aliphatic heterocycles. The zero-order chi connectivity index (χ0) is 12.8. The smallest absolute Gasteiger partial charge is 0.289 e. The van der Waals surface area contributed by atoms with Crippen LogP contribution in [0.5, 0.6) is 0 Å². The molecule has 7 heteroatoms. The average Bonchev–Trinajstić information content (AvgIpc) is 2.63. The van der Waals surface area contributed by atoms with Crippen molar-refractivity contribution in [2.45, 2.75) is 17.1 Å². The third-order valence-electron chi connectivity index (χ3n) is 3.02. The quantitative estimate of drug-likeness (QED) is 0.712. The molecule has 1 aromatic carbocycles. The SMILES string of the molecule is O=C1Nc2ccc([SH](=O)=O)cc2C12OCCCO2. The Balaban J connectivity index is 2.15. The summed E-state index contributed by atoms with van der Waals surface area (Å²) in [5.41, 5.74) is 0.964. The van der Waals surface area contributed by atoms with Gasteiger partial charge in [0, 0.05) is 5.56 Å². The Labute approximate surface area is 105 Å². The van der Waals surface area contributed by atoms with Crippen LogP contribution in [0.1, 0.15) is 12.0 Å². The van der Waals surface area contributed by atoms with Crippen LogP contribution in [0.15, 0.2) is 23.1 Å². The topological polar surface area (TPSA) is 81.7 Å². The third-order valence-corrected chi connectivity index (χ3v) is 3.71. The lowest BCUT2D eigenvalue weighted by atomic mass is 10.1. The number of carbonyl (C=O) groups excluding carboxylic acids is 1. The van der Waals surface area contributed by atoms with E-state index in [2.05, 4.69) is 5.32 Å². The fraction of sp³-hybridized carbons (Fsp3) is 0.364. The molecule has 6 nitrogen and oxygen atoms in total. The summed E-state index contributed by atoms with van der Waals surface area (Å²) in [7, 11) is -2.70. The molecule has 0 saturated carbocycles. The van der Waals surface area contributed by atoms with E-state index >= 15 is 0 Å². The lowest BCUT2D eigenvalue weighted by molar-refractivity contribution is -0.255. The van der Waals surface area contributed by atoms with E-state index < -0.39 is 22.4 Å². The lowest BCUT2D eigenvalue weighted by Crippen LogP contribution is -2.43. The van der Waals surface area contributed by atoms with Gasteiger partial charge in [0.1, 0.15) is 0 Å². The van der Waals surface area contributed by atoms with E-state index in [9.17, 15) is 13.2 Å². The van der Waals surface area contributed by atoms with Crippen molar-refractivity contribution in [3.63, 3.8) is 0 Å². The van der Waals surface area contributed by atoms with Gasteiger partial charge in [-0.25, -0.2) is 8.42 Å². The van der Waals surface area contributed by atoms with Crippen LogP contribution in [-0.2, 0) is 30.8 Å². The van der Waals surface area contributed by atoms with Crippen LogP contribution in [-0.4, -0.2) is 27.5 Å². The largest absolute Gasteiger partial charge is 0.338 e. The fourth-order valence-electron chi connectivity index (χ4n) is 2.17. The number of hydrogen-bond acceptors (Lipinski definition) is 5. The molecule has 3 rings (SSSR count). The van der Waals surface area contributed by atoms with E-state index in [0.29, 0.717) is 30.9 Å². The Morgan fingerprint density at radius 2 is 1.94 bits per heavy atom. The molecule has 0 unspecified atom stereocenters. The average molecular weight is 269 g/mol. The van der Waals surface area contributed by atoms with Gasteiger partial charge in [0.15, 0.2) is 10.7 Å². The number of hydrogen-bond donors (Lipinski definition) is 2. The van der Waals surface area contributed by atoms with Crippen LogP contribution in [0.4, 0.5) is 5.69 Å².